The van der Waals surface area contributed by atoms with Gasteiger partial charge in [0.2, 0.25) is 0 Å². The molecule has 1 aromatic rings. The van der Waals surface area contributed by atoms with Gasteiger partial charge in [-0.1, -0.05) is 12.1 Å². The third kappa shape index (κ3) is 4.43. The highest BCUT2D eigenvalue weighted by Crippen LogP contribution is 2.17. The first-order chi connectivity index (χ1) is 10.3. The zero-order valence-corrected chi connectivity index (χ0v) is 13.1. The summed E-state index contributed by atoms with van der Waals surface area (Å²) in [6.07, 6.45) is 2.48. The van der Waals surface area contributed by atoms with Gasteiger partial charge in [0.15, 0.2) is 0 Å². The molecule has 0 bridgehead atoms. The Labute approximate surface area is 128 Å². The molecule has 2 fully saturated rings. The van der Waals surface area contributed by atoms with Crippen molar-refractivity contribution in [2.24, 2.45) is 0 Å². The van der Waals surface area contributed by atoms with Gasteiger partial charge in [0.25, 0.3) is 0 Å². The second kappa shape index (κ2) is 7.25. The van der Waals surface area contributed by atoms with Crippen LogP contribution in [0.4, 0.5) is 5.69 Å². The lowest BCUT2D eigenvalue weighted by Gasteiger charge is -2.30. The molecule has 2 saturated heterocycles. The summed E-state index contributed by atoms with van der Waals surface area (Å²) in [7, 11) is 2.21. The van der Waals surface area contributed by atoms with Crippen LogP contribution in [0.3, 0.4) is 0 Å². The van der Waals surface area contributed by atoms with Crippen LogP contribution in [0.5, 0.6) is 0 Å². The minimum absolute atomic E-state index is 0.631. The molecule has 4 heteroatoms. The Morgan fingerprint density at radius 1 is 1.05 bits per heavy atom. The van der Waals surface area contributed by atoms with Crippen molar-refractivity contribution in [3.8, 4) is 0 Å². The molecular formula is C17H27N3O. The van der Waals surface area contributed by atoms with Crippen molar-refractivity contribution in [3.05, 3.63) is 29.8 Å². The first kappa shape index (κ1) is 14.8. The molecule has 1 aromatic carbocycles. The van der Waals surface area contributed by atoms with Crippen molar-refractivity contribution in [2.45, 2.75) is 25.4 Å². The molecule has 0 amide bonds. The van der Waals surface area contributed by atoms with Gasteiger partial charge in [-0.05, 0) is 50.7 Å². The van der Waals surface area contributed by atoms with Crippen LogP contribution in [0.25, 0.3) is 0 Å². The largest absolute Gasteiger partial charge is 0.382 e. The fourth-order valence-electron chi connectivity index (χ4n) is 3.11. The molecule has 21 heavy (non-hydrogen) atoms. The molecule has 2 aliphatic heterocycles. The molecule has 1 N–H and O–H groups in total. The summed E-state index contributed by atoms with van der Waals surface area (Å²) < 4.78 is 5.39. The van der Waals surface area contributed by atoms with Gasteiger partial charge < -0.3 is 15.0 Å². The van der Waals surface area contributed by atoms with Crippen LogP contribution in [-0.4, -0.2) is 62.3 Å². The molecule has 0 atom stereocenters. The highest BCUT2D eigenvalue weighted by molar-refractivity contribution is 5.45. The van der Waals surface area contributed by atoms with E-state index in [1.54, 1.807) is 0 Å². The summed E-state index contributed by atoms with van der Waals surface area (Å²) in [5.74, 6) is 0. The molecule has 0 aliphatic carbocycles. The van der Waals surface area contributed by atoms with Crippen LogP contribution in [0.15, 0.2) is 24.3 Å². The average Bonchev–Trinajstić information content (AvgIpc) is 2.53. The number of morpholine rings is 1. The lowest BCUT2D eigenvalue weighted by atomic mass is 10.0. The average molecular weight is 289 g/mol. The standard InChI is InChI=1S/C17H27N3O/c1-19-8-6-17(7-9-19)18-16-4-2-15(3-5-16)14-20-10-12-21-13-11-20/h2-5,17-18H,6-14H2,1H3. The van der Waals surface area contributed by atoms with Crippen LogP contribution in [-0.2, 0) is 11.3 Å². The minimum atomic E-state index is 0.631. The Kier molecular flexibility index (Phi) is 5.12. The third-order valence-electron chi connectivity index (χ3n) is 4.55. The van der Waals surface area contributed by atoms with Crippen molar-refractivity contribution >= 4 is 5.69 Å². The van der Waals surface area contributed by atoms with Crippen LogP contribution >= 0.6 is 0 Å². The van der Waals surface area contributed by atoms with E-state index in [1.807, 2.05) is 0 Å². The number of likely N-dealkylation sites (tertiary alicyclic amines) is 1. The maximum atomic E-state index is 5.39. The van der Waals surface area contributed by atoms with Crippen molar-refractivity contribution in [2.75, 3.05) is 51.8 Å². The molecule has 0 saturated carbocycles. The fraction of sp³-hybridized carbons (Fsp3) is 0.647. The molecule has 3 rings (SSSR count). The Bertz CT molecular complexity index is 420. The summed E-state index contributed by atoms with van der Waals surface area (Å²) in [6, 6.07) is 9.60. The normalized spacial score (nSPS) is 22.3. The van der Waals surface area contributed by atoms with Gasteiger partial charge in [-0.15, -0.1) is 0 Å². The van der Waals surface area contributed by atoms with E-state index in [4.69, 9.17) is 4.74 Å². The van der Waals surface area contributed by atoms with Crippen molar-refractivity contribution < 1.29 is 4.74 Å². The number of hydrogen-bond donors (Lipinski definition) is 1. The van der Waals surface area contributed by atoms with Gasteiger partial charge in [0, 0.05) is 31.4 Å². The van der Waals surface area contributed by atoms with E-state index in [-0.39, 0.29) is 0 Å². The SMILES string of the molecule is CN1CCC(Nc2ccc(CN3CCOCC3)cc2)CC1. The number of benzene rings is 1. The molecular weight excluding hydrogens is 262 g/mol. The highest BCUT2D eigenvalue weighted by atomic mass is 16.5. The lowest BCUT2D eigenvalue weighted by Crippen LogP contribution is -2.36. The van der Waals surface area contributed by atoms with E-state index in [2.05, 4.69) is 46.4 Å². The van der Waals surface area contributed by atoms with Gasteiger partial charge in [0.05, 0.1) is 13.2 Å². The molecule has 4 nitrogen and oxygen atoms in total. The van der Waals surface area contributed by atoms with Crippen LogP contribution in [0.2, 0.25) is 0 Å². The second-order valence-electron chi connectivity index (χ2n) is 6.31. The van der Waals surface area contributed by atoms with Gasteiger partial charge in [-0.2, -0.15) is 0 Å². The highest BCUT2D eigenvalue weighted by Gasteiger charge is 2.16. The summed E-state index contributed by atoms with van der Waals surface area (Å²) in [4.78, 5) is 4.87. The van der Waals surface area contributed by atoms with Crippen LogP contribution in [0, 0.1) is 0 Å². The number of hydrogen-bond acceptors (Lipinski definition) is 4. The first-order valence-corrected chi connectivity index (χ1v) is 8.14. The summed E-state index contributed by atoms with van der Waals surface area (Å²) >= 11 is 0. The Hall–Kier alpha value is -1.10. The summed E-state index contributed by atoms with van der Waals surface area (Å²) in [6.45, 7) is 7.29. The summed E-state index contributed by atoms with van der Waals surface area (Å²) in [5, 5.41) is 3.67. The predicted molar refractivity (Wildman–Crippen MR) is 86.7 cm³/mol. The van der Waals surface area contributed by atoms with E-state index in [0.717, 1.165) is 32.8 Å². The van der Waals surface area contributed by atoms with Crippen molar-refractivity contribution in [1.29, 1.82) is 0 Å². The molecule has 2 aliphatic rings. The zero-order valence-electron chi connectivity index (χ0n) is 13.1. The van der Waals surface area contributed by atoms with E-state index < -0.39 is 0 Å². The maximum Gasteiger partial charge on any atom is 0.0594 e. The number of rotatable bonds is 4. The quantitative estimate of drug-likeness (QED) is 0.918. The Balaban J connectivity index is 1.49. The van der Waals surface area contributed by atoms with Crippen molar-refractivity contribution in [1.82, 2.24) is 9.80 Å². The van der Waals surface area contributed by atoms with E-state index >= 15 is 0 Å². The third-order valence-corrected chi connectivity index (χ3v) is 4.55. The molecule has 0 unspecified atom stereocenters. The van der Waals surface area contributed by atoms with Gasteiger partial charge in [-0.3, -0.25) is 4.90 Å². The smallest absolute Gasteiger partial charge is 0.0594 e. The number of nitrogens with zero attached hydrogens (tertiary/aromatic N) is 2. The van der Waals surface area contributed by atoms with Crippen LogP contribution < -0.4 is 5.32 Å². The van der Waals surface area contributed by atoms with E-state index in [0.29, 0.717) is 6.04 Å². The maximum absolute atomic E-state index is 5.39. The number of piperidine rings is 1. The second-order valence-corrected chi connectivity index (χ2v) is 6.31. The lowest BCUT2D eigenvalue weighted by molar-refractivity contribution is 0.0342. The molecule has 0 radical (unpaired) electrons. The number of anilines is 1. The van der Waals surface area contributed by atoms with E-state index in [9.17, 15) is 0 Å². The topological polar surface area (TPSA) is 27.7 Å². The summed E-state index contributed by atoms with van der Waals surface area (Å²) in [5.41, 5.74) is 2.65. The Morgan fingerprint density at radius 3 is 2.38 bits per heavy atom. The van der Waals surface area contributed by atoms with Gasteiger partial charge >= 0.3 is 0 Å². The monoisotopic (exact) mass is 289 g/mol. The van der Waals surface area contributed by atoms with Gasteiger partial charge in [-0.25, -0.2) is 0 Å². The van der Waals surface area contributed by atoms with Crippen LogP contribution in [0.1, 0.15) is 18.4 Å². The predicted octanol–water partition coefficient (Wildman–Crippen LogP) is 2.02. The number of nitrogens with one attached hydrogen (secondary N) is 1. The van der Waals surface area contributed by atoms with Gasteiger partial charge in [0.1, 0.15) is 0 Å². The molecule has 2 heterocycles. The van der Waals surface area contributed by atoms with E-state index in [1.165, 1.54) is 37.2 Å². The molecule has 0 spiro atoms. The molecule has 0 aromatic heterocycles. The molecule has 116 valence electrons. The minimum Gasteiger partial charge on any atom is -0.382 e. The fourth-order valence-corrected chi connectivity index (χ4v) is 3.11. The van der Waals surface area contributed by atoms with Crippen molar-refractivity contribution in [3.63, 3.8) is 0 Å². The zero-order chi connectivity index (χ0) is 14.5. The first-order valence-electron chi connectivity index (χ1n) is 8.14. The number of ether oxygens (including phenoxy) is 1. The Morgan fingerprint density at radius 2 is 1.71 bits per heavy atom.